The summed E-state index contributed by atoms with van der Waals surface area (Å²) in [5.74, 6) is -0.230. The topological polar surface area (TPSA) is 17.1 Å². The zero-order valence-electron chi connectivity index (χ0n) is 7.72. The van der Waals surface area contributed by atoms with Gasteiger partial charge in [0.05, 0.1) is 5.33 Å². The molecule has 76 valence electrons. The smallest absolute Gasteiger partial charge is 0.147 e. The van der Waals surface area contributed by atoms with Crippen LogP contribution in [0.4, 0.5) is 4.39 Å². The predicted molar refractivity (Wildman–Crippen MR) is 60.7 cm³/mol. The Labute approximate surface area is 95.2 Å². The Bertz CT molecular complexity index is 341. The average Bonchev–Trinajstić information content (AvgIpc) is 2.18. The summed E-state index contributed by atoms with van der Waals surface area (Å²) in [6, 6.07) is 4.54. The Morgan fingerprint density at radius 1 is 1.57 bits per heavy atom. The molecule has 1 nitrogen and oxygen atoms in total. The van der Waals surface area contributed by atoms with Gasteiger partial charge in [0.1, 0.15) is 11.6 Å². The van der Waals surface area contributed by atoms with Gasteiger partial charge < -0.3 is 0 Å². The number of benzene rings is 1. The van der Waals surface area contributed by atoms with E-state index >= 15 is 0 Å². The molecule has 1 aromatic rings. The Hall–Kier alpha value is -0.350. The Morgan fingerprint density at radius 3 is 2.86 bits per heavy atom. The highest BCUT2D eigenvalue weighted by Gasteiger charge is 2.07. The first kappa shape index (κ1) is 11.7. The lowest BCUT2D eigenvalue weighted by Gasteiger charge is -2.05. The van der Waals surface area contributed by atoms with Gasteiger partial charge in [0, 0.05) is 11.3 Å². The molecule has 0 amide bonds. The molecule has 0 saturated heterocycles. The monoisotopic (exact) mass is 276 g/mol. The van der Waals surface area contributed by atoms with Gasteiger partial charge in [-0.25, -0.2) is 4.39 Å². The van der Waals surface area contributed by atoms with Crippen molar-refractivity contribution < 1.29 is 9.18 Å². The molecule has 1 aromatic carbocycles. The van der Waals surface area contributed by atoms with E-state index in [0.29, 0.717) is 11.8 Å². The van der Waals surface area contributed by atoms with Crippen LogP contribution in [-0.4, -0.2) is 17.4 Å². The van der Waals surface area contributed by atoms with Crippen LogP contribution >= 0.6 is 27.7 Å². The lowest BCUT2D eigenvalue weighted by molar-refractivity contribution is -0.115. The standard InChI is InChI=1S/C10H10BrFOS/c1-14-10-3-2-8(12)4-7(10)5-9(13)6-11/h2-4H,5-6H2,1H3. The van der Waals surface area contributed by atoms with E-state index in [-0.39, 0.29) is 11.6 Å². The van der Waals surface area contributed by atoms with E-state index < -0.39 is 0 Å². The summed E-state index contributed by atoms with van der Waals surface area (Å²) < 4.78 is 12.9. The maximum Gasteiger partial charge on any atom is 0.147 e. The van der Waals surface area contributed by atoms with Gasteiger partial charge in [-0.1, -0.05) is 15.9 Å². The SMILES string of the molecule is CSc1ccc(F)cc1CC(=O)CBr. The number of ketones is 1. The maximum atomic E-state index is 12.9. The number of alkyl halides is 1. The van der Waals surface area contributed by atoms with Crippen molar-refractivity contribution in [2.45, 2.75) is 11.3 Å². The Balaban J connectivity index is 2.93. The average molecular weight is 277 g/mol. The van der Waals surface area contributed by atoms with Crippen LogP contribution in [0.1, 0.15) is 5.56 Å². The minimum absolute atomic E-state index is 0.0610. The van der Waals surface area contributed by atoms with Crippen LogP contribution in [0.2, 0.25) is 0 Å². The molecule has 0 N–H and O–H groups in total. The molecule has 1 rings (SSSR count). The normalized spacial score (nSPS) is 10.2. The van der Waals surface area contributed by atoms with Gasteiger partial charge >= 0.3 is 0 Å². The fraction of sp³-hybridized carbons (Fsp3) is 0.300. The molecule has 0 aliphatic heterocycles. The van der Waals surface area contributed by atoms with Gasteiger partial charge in [-0.2, -0.15) is 0 Å². The minimum Gasteiger partial charge on any atom is -0.298 e. The van der Waals surface area contributed by atoms with E-state index in [9.17, 15) is 9.18 Å². The number of Topliss-reactive ketones (excluding diaryl/α,β-unsaturated/α-hetero) is 1. The van der Waals surface area contributed by atoms with Crippen LogP contribution in [0, 0.1) is 5.82 Å². The zero-order chi connectivity index (χ0) is 10.6. The number of halogens is 2. The van der Waals surface area contributed by atoms with Crippen LogP contribution in [0.15, 0.2) is 23.1 Å². The van der Waals surface area contributed by atoms with Crippen LogP contribution < -0.4 is 0 Å². The highest BCUT2D eigenvalue weighted by Crippen LogP contribution is 2.22. The molecule has 14 heavy (non-hydrogen) atoms. The van der Waals surface area contributed by atoms with Crippen molar-refractivity contribution in [2.75, 3.05) is 11.6 Å². The molecule has 0 radical (unpaired) electrons. The molecule has 0 heterocycles. The molecule has 0 bridgehead atoms. The van der Waals surface area contributed by atoms with Gasteiger partial charge in [-0.05, 0) is 30.0 Å². The third kappa shape index (κ3) is 3.10. The summed E-state index contributed by atoms with van der Waals surface area (Å²) in [6.07, 6.45) is 2.20. The second-order valence-corrected chi connectivity index (χ2v) is 4.21. The minimum atomic E-state index is -0.292. The van der Waals surface area contributed by atoms with Crippen LogP contribution in [0.25, 0.3) is 0 Å². The van der Waals surface area contributed by atoms with E-state index in [4.69, 9.17) is 0 Å². The summed E-state index contributed by atoms with van der Waals surface area (Å²) >= 11 is 4.61. The van der Waals surface area contributed by atoms with Gasteiger partial charge in [0.25, 0.3) is 0 Å². The van der Waals surface area contributed by atoms with E-state index in [1.165, 1.54) is 23.9 Å². The first-order chi connectivity index (χ1) is 6.67. The van der Waals surface area contributed by atoms with E-state index in [2.05, 4.69) is 15.9 Å². The Kier molecular flexibility index (Phi) is 4.62. The molecule has 0 saturated carbocycles. The lowest BCUT2D eigenvalue weighted by atomic mass is 10.1. The van der Waals surface area contributed by atoms with Crippen molar-refractivity contribution >= 4 is 33.5 Å². The van der Waals surface area contributed by atoms with E-state index in [1.54, 1.807) is 6.07 Å². The molecule has 0 spiro atoms. The van der Waals surface area contributed by atoms with Crippen molar-refractivity contribution in [3.05, 3.63) is 29.6 Å². The zero-order valence-corrected chi connectivity index (χ0v) is 10.1. The van der Waals surface area contributed by atoms with Crippen molar-refractivity contribution in [3.8, 4) is 0 Å². The summed E-state index contributed by atoms with van der Waals surface area (Å²) in [5.41, 5.74) is 0.766. The quantitative estimate of drug-likeness (QED) is 0.621. The first-order valence-corrected chi connectivity index (χ1v) is 6.42. The second-order valence-electron chi connectivity index (χ2n) is 2.81. The molecule has 4 heteroatoms. The fourth-order valence-corrected chi connectivity index (χ4v) is 1.94. The summed E-state index contributed by atoms with van der Waals surface area (Å²) in [7, 11) is 0. The van der Waals surface area contributed by atoms with Crippen LogP contribution in [0.5, 0.6) is 0 Å². The van der Waals surface area contributed by atoms with Gasteiger partial charge in [0.15, 0.2) is 0 Å². The van der Waals surface area contributed by atoms with Crippen molar-refractivity contribution in [1.29, 1.82) is 0 Å². The molecule has 0 aromatic heterocycles. The molecule has 0 unspecified atom stereocenters. The summed E-state index contributed by atoms with van der Waals surface area (Å²) in [4.78, 5) is 12.1. The summed E-state index contributed by atoms with van der Waals surface area (Å²) in [6.45, 7) is 0. The molecular formula is C10H10BrFOS. The molecule has 0 aliphatic rings. The molecule has 0 fully saturated rings. The van der Waals surface area contributed by atoms with Gasteiger partial charge in [-0.3, -0.25) is 4.79 Å². The number of carbonyl (C=O) groups is 1. The molecular weight excluding hydrogens is 267 g/mol. The largest absolute Gasteiger partial charge is 0.298 e. The molecule has 0 atom stereocenters. The van der Waals surface area contributed by atoms with Gasteiger partial charge in [0.2, 0.25) is 0 Å². The van der Waals surface area contributed by atoms with Crippen LogP contribution in [-0.2, 0) is 11.2 Å². The first-order valence-electron chi connectivity index (χ1n) is 4.07. The van der Waals surface area contributed by atoms with E-state index in [0.717, 1.165) is 10.5 Å². The van der Waals surface area contributed by atoms with Gasteiger partial charge in [-0.15, -0.1) is 11.8 Å². The summed E-state index contributed by atoms with van der Waals surface area (Å²) in [5, 5.41) is 0.317. The van der Waals surface area contributed by atoms with Crippen molar-refractivity contribution in [1.82, 2.24) is 0 Å². The number of rotatable bonds is 4. The number of hydrogen-bond acceptors (Lipinski definition) is 2. The number of thioether (sulfide) groups is 1. The van der Waals surface area contributed by atoms with Crippen LogP contribution in [0.3, 0.4) is 0 Å². The maximum absolute atomic E-state index is 12.9. The highest BCUT2D eigenvalue weighted by molar-refractivity contribution is 9.09. The fourth-order valence-electron chi connectivity index (χ4n) is 1.14. The Morgan fingerprint density at radius 2 is 2.29 bits per heavy atom. The number of carbonyl (C=O) groups excluding carboxylic acids is 1. The van der Waals surface area contributed by atoms with Crippen molar-refractivity contribution in [2.24, 2.45) is 0 Å². The van der Waals surface area contributed by atoms with E-state index in [1.807, 2.05) is 6.26 Å². The van der Waals surface area contributed by atoms with Crippen molar-refractivity contribution in [3.63, 3.8) is 0 Å². The lowest BCUT2D eigenvalue weighted by Crippen LogP contribution is -2.04. The third-order valence-electron chi connectivity index (χ3n) is 1.78. The highest BCUT2D eigenvalue weighted by atomic mass is 79.9. The number of hydrogen-bond donors (Lipinski definition) is 0. The third-order valence-corrected chi connectivity index (χ3v) is 3.24. The molecule has 0 aliphatic carbocycles. The second kappa shape index (κ2) is 5.51. The predicted octanol–water partition coefficient (Wildman–Crippen LogP) is 3.05.